The maximum atomic E-state index is 13.1. The summed E-state index contributed by atoms with van der Waals surface area (Å²) in [4.78, 5) is 30.3. The third-order valence-corrected chi connectivity index (χ3v) is 5.52. The summed E-state index contributed by atoms with van der Waals surface area (Å²) in [6, 6.07) is 12.7. The van der Waals surface area contributed by atoms with E-state index in [9.17, 15) is 9.59 Å². The van der Waals surface area contributed by atoms with E-state index in [1.807, 2.05) is 36.0 Å². The number of pyridine rings is 1. The largest absolute Gasteiger partial charge is 0.322 e. The molecule has 0 fully saturated rings. The first-order valence-corrected chi connectivity index (χ1v) is 10.2. The molecule has 29 heavy (non-hydrogen) atoms. The van der Waals surface area contributed by atoms with Crippen molar-refractivity contribution in [1.29, 1.82) is 0 Å². The van der Waals surface area contributed by atoms with Crippen molar-refractivity contribution in [1.82, 2.24) is 14.8 Å². The van der Waals surface area contributed by atoms with Gasteiger partial charge in [0, 0.05) is 17.3 Å². The zero-order valence-corrected chi connectivity index (χ0v) is 17.2. The van der Waals surface area contributed by atoms with Crippen LogP contribution in [0.3, 0.4) is 0 Å². The molecule has 0 bridgehead atoms. The van der Waals surface area contributed by atoms with Gasteiger partial charge in [-0.1, -0.05) is 6.07 Å². The number of hydrogen-bond donors (Lipinski definition) is 1. The number of Topliss-reactive ketones (excluding diaryl/α,β-unsaturated/α-hetero) is 1. The van der Waals surface area contributed by atoms with Crippen LogP contribution in [0.4, 0.5) is 5.69 Å². The summed E-state index contributed by atoms with van der Waals surface area (Å²) < 4.78 is 1.82. The fourth-order valence-corrected chi connectivity index (χ4v) is 3.81. The molecule has 0 aliphatic heterocycles. The Balaban J connectivity index is 1.77. The number of amides is 1. The minimum Gasteiger partial charge on any atom is -0.322 e. The second kappa shape index (κ2) is 7.60. The fourth-order valence-electron chi connectivity index (χ4n) is 3.12. The molecule has 0 radical (unpaired) electrons. The van der Waals surface area contributed by atoms with Crippen molar-refractivity contribution in [2.45, 2.75) is 26.8 Å². The molecular weight excluding hydrogens is 384 g/mol. The van der Waals surface area contributed by atoms with Gasteiger partial charge in [0.2, 0.25) is 0 Å². The van der Waals surface area contributed by atoms with Crippen LogP contribution in [0.2, 0.25) is 0 Å². The van der Waals surface area contributed by atoms with Crippen LogP contribution >= 0.6 is 11.3 Å². The lowest BCUT2D eigenvalue weighted by atomic mass is 10.1. The highest BCUT2D eigenvalue weighted by atomic mass is 32.1. The standard InChI is InChI=1S/C22H20N4O2S/c1-13(2)26-21-18(12-23-26)17(11-19(25-21)20-5-4-10-29-20)22(28)24-16-8-6-15(7-9-16)14(3)27/h4-13H,1-3H3,(H,24,28). The number of aromatic nitrogens is 3. The Morgan fingerprint density at radius 2 is 1.90 bits per heavy atom. The number of nitrogens with zero attached hydrogens (tertiary/aromatic N) is 3. The molecule has 3 aromatic heterocycles. The Labute approximate surface area is 172 Å². The molecule has 0 spiro atoms. The molecular formula is C22H20N4O2S. The summed E-state index contributed by atoms with van der Waals surface area (Å²) in [5.74, 6) is -0.255. The summed E-state index contributed by atoms with van der Waals surface area (Å²) in [5.41, 5.74) is 3.17. The second-order valence-corrected chi connectivity index (χ2v) is 7.99. The third kappa shape index (κ3) is 3.69. The van der Waals surface area contributed by atoms with Crippen LogP contribution in [0.25, 0.3) is 21.6 Å². The molecule has 7 heteroatoms. The van der Waals surface area contributed by atoms with Crippen molar-refractivity contribution in [3.05, 3.63) is 65.2 Å². The topological polar surface area (TPSA) is 76.9 Å². The fraction of sp³-hybridized carbons (Fsp3) is 0.182. The number of fused-ring (bicyclic) bond motifs is 1. The van der Waals surface area contributed by atoms with Crippen LogP contribution in [-0.2, 0) is 0 Å². The molecule has 6 nitrogen and oxygen atoms in total. The highest BCUT2D eigenvalue weighted by Crippen LogP contribution is 2.29. The van der Waals surface area contributed by atoms with Crippen LogP contribution in [0, 0.1) is 0 Å². The second-order valence-electron chi connectivity index (χ2n) is 7.04. The van der Waals surface area contributed by atoms with E-state index >= 15 is 0 Å². The number of ketones is 1. The average Bonchev–Trinajstić information content (AvgIpc) is 3.37. The van der Waals surface area contributed by atoms with E-state index in [0.717, 1.165) is 10.6 Å². The average molecular weight is 404 g/mol. The molecule has 0 aliphatic carbocycles. The highest BCUT2D eigenvalue weighted by molar-refractivity contribution is 7.13. The van der Waals surface area contributed by atoms with E-state index in [1.165, 1.54) is 6.92 Å². The number of thiophene rings is 1. The van der Waals surface area contributed by atoms with Gasteiger partial charge >= 0.3 is 0 Å². The molecule has 0 saturated heterocycles. The van der Waals surface area contributed by atoms with E-state index in [0.29, 0.717) is 27.8 Å². The molecule has 0 saturated carbocycles. The summed E-state index contributed by atoms with van der Waals surface area (Å²) >= 11 is 1.57. The molecule has 1 amide bonds. The van der Waals surface area contributed by atoms with E-state index in [-0.39, 0.29) is 17.7 Å². The molecule has 4 aromatic rings. The Bertz CT molecular complexity index is 1190. The predicted octanol–water partition coefficient (Wildman–Crippen LogP) is 5.20. The van der Waals surface area contributed by atoms with E-state index in [4.69, 9.17) is 4.98 Å². The van der Waals surface area contributed by atoms with Crippen molar-refractivity contribution in [3.63, 3.8) is 0 Å². The zero-order chi connectivity index (χ0) is 20.5. The number of benzene rings is 1. The predicted molar refractivity (Wildman–Crippen MR) is 116 cm³/mol. The van der Waals surface area contributed by atoms with Crippen molar-refractivity contribution < 1.29 is 9.59 Å². The SMILES string of the molecule is CC(=O)c1ccc(NC(=O)c2cc(-c3cccs3)nc3c2cnn3C(C)C)cc1. The molecule has 0 unspecified atom stereocenters. The van der Waals surface area contributed by atoms with Crippen LogP contribution in [0.5, 0.6) is 0 Å². The summed E-state index contributed by atoms with van der Waals surface area (Å²) in [5, 5.41) is 10.0. The summed E-state index contributed by atoms with van der Waals surface area (Å²) in [7, 11) is 0. The van der Waals surface area contributed by atoms with Gasteiger partial charge in [0.1, 0.15) is 0 Å². The first-order valence-electron chi connectivity index (χ1n) is 9.28. The van der Waals surface area contributed by atoms with Crippen molar-refractivity contribution in [2.24, 2.45) is 0 Å². The summed E-state index contributed by atoms with van der Waals surface area (Å²) in [6.45, 7) is 5.57. The summed E-state index contributed by atoms with van der Waals surface area (Å²) in [6.07, 6.45) is 1.69. The number of carbonyl (C=O) groups is 2. The van der Waals surface area contributed by atoms with E-state index < -0.39 is 0 Å². The molecule has 0 aliphatic rings. The Morgan fingerprint density at radius 3 is 2.52 bits per heavy atom. The Morgan fingerprint density at radius 1 is 1.14 bits per heavy atom. The lowest BCUT2D eigenvalue weighted by Crippen LogP contribution is -2.13. The van der Waals surface area contributed by atoms with Gasteiger partial charge in [-0.2, -0.15) is 5.10 Å². The number of carbonyl (C=O) groups excluding carboxylic acids is 2. The molecule has 146 valence electrons. The quantitative estimate of drug-likeness (QED) is 0.464. The van der Waals surface area contributed by atoms with Crippen molar-refractivity contribution in [2.75, 3.05) is 5.32 Å². The first-order chi connectivity index (χ1) is 13.9. The first kappa shape index (κ1) is 19.0. The molecule has 1 aromatic carbocycles. The van der Waals surface area contributed by atoms with Gasteiger partial charge in [-0.3, -0.25) is 9.59 Å². The third-order valence-electron chi connectivity index (χ3n) is 4.62. The minimum absolute atomic E-state index is 0.0135. The van der Waals surface area contributed by atoms with Gasteiger partial charge in [0.15, 0.2) is 11.4 Å². The van der Waals surface area contributed by atoms with Gasteiger partial charge < -0.3 is 5.32 Å². The molecule has 0 atom stereocenters. The zero-order valence-electron chi connectivity index (χ0n) is 16.3. The van der Waals surface area contributed by atoms with Gasteiger partial charge in [0.05, 0.1) is 27.7 Å². The maximum Gasteiger partial charge on any atom is 0.256 e. The monoisotopic (exact) mass is 404 g/mol. The van der Waals surface area contributed by atoms with Crippen LogP contribution < -0.4 is 5.32 Å². The van der Waals surface area contributed by atoms with Crippen molar-refractivity contribution >= 4 is 39.7 Å². The lowest BCUT2D eigenvalue weighted by molar-refractivity contribution is 0.101. The molecule has 4 rings (SSSR count). The number of anilines is 1. The minimum atomic E-state index is -0.242. The lowest BCUT2D eigenvalue weighted by Gasteiger charge is -2.11. The van der Waals surface area contributed by atoms with Crippen molar-refractivity contribution in [3.8, 4) is 10.6 Å². The number of nitrogens with one attached hydrogen (secondary N) is 1. The van der Waals surface area contributed by atoms with Gasteiger partial charge in [-0.15, -0.1) is 11.3 Å². The molecule has 3 heterocycles. The smallest absolute Gasteiger partial charge is 0.256 e. The normalized spacial score (nSPS) is 11.2. The van der Waals surface area contributed by atoms with Gasteiger partial charge in [0.25, 0.3) is 5.91 Å². The van der Waals surface area contributed by atoms with Crippen LogP contribution in [-0.4, -0.2) is 26.5 Å². The van der Waals surface area contributed by atoms with Gasteiger partial charge in [-0.05, 0) is 62.5 Å². The Kier molecular flexibility index (Phi) is 4.98. The Hall–Kier alpha value is -3.32. The highest BCUT2D eigenvalue weighted by Gasteiger charge is 2.19. The van der Waals surface area contributed by atoms with Crippen LogP contribution in [0.15, 0.2) is 54.0 Å². The number of rotatable bonds is 5. The molecule has 1 N–H and O–H groups in total. The number of hydrogen-bond acceptors (Lipinski definition) is 5. The van der Waals surface area contributed by atoms with Crippen LogP contribution in [0.1, 0.15) is 47.5 Å². The van der Waals surface area contributed by atoms with E-state index in [1.54, 1.807) is 47.9 Å². The van der Waals surface area contributed by atoms with E-state index in [2.05, 4.69) is 10.4 Å². The maximum absolute atomic E-state index is 13.1. The van der Waals surface area contributed by atoms with Gasteiger partial charge in [-0.25, -0.2) is 9.67 Å².